The minimum atomic E-state index is -0.765. The molecule has 7 atom stereocenters. The van der Waals surface area contributed by atoms with Crippen molar-refractivity contribution in [3.05, 3.63) is 36.3 Å². The van der Waals surface area contributed by atoms with Crippen molar-refractivity contribution in [3.8, 4) is 0 Å². The lowest BCUT2D eigenvalue weighted by molar-refractivity contribution is -0.254. The van der Waals surface area contributed by atoms with Crippen molar-refractivity contribution in [2.24, 2.45) is 33.5 Å². The van der Waals surface area contributed by atoms with E-state index in [0.717, 1.165) is 18.4 Å². The van der Waals surface area contributed by atoms with Gasteiger partial charge in [0.15, 0.2) is 0 Å². The van der Waals surface area contributed by atoms with Crippen LogP contribution in [0.5, 0.6) is 0 Å². The second-order valence-corrected chi connectivity index (χ2v) is 12.1. The lowest BCUT2D eigenvalue weighted by Crippen LogP contribution is -2.70. The quantitative estimate of drug-likeness (QED) is 0.544. The molecular weight excluding hydrogens is 420 g/mol. The summed E-state index contributed by atoms with van der Waals surface area (Å²) >= 11 is 0. The predicted octanol–water partition coefficient (Wildman–Crippen LogP) is 5.18. The Morgan fingerprint density at radius 1 is 1.00 bits per heavy atom. The molecule has 0 spiro atoms. The maximum absolute atomic E-state index is 14.2. The first-order valence-corrected chi connectivity index (χ1v) is 12.0. The van der Waals surface area contributed by atoms with Crippen LogP contribution in [0.2, 0.25) is 0 Å². The molecule has 0 bridgehead atoms. The number of allylic oxidation sites excluding steroid dienone is 1. The largest absolute Gasteiger partial charge is 0.472 e. The Morgan fingerprint density at radius 3 is 2.39 bits per heavy atom. The van der Waals surface area contributed by atoms with Gasteiger partial charge in [0.1, 0.15) is 17.5 Å². The van der Waals surface area contributed by atoms with E-state index in [4.69, 9.17) is 13.9 Å². The summed E-state index contributed by atoms with van der Waals surface area (Å²) in [5, 5.41) is 0. The summed E-state index contributed by atoms with van der Waals surface area (Å²) in [6, 6.07) is 1.85. The number of hydrogen-bond acceptors (Lipinski definition) is 6. The molecule has 0 radical (unpaired) electrons. The molecule has 33 heavy (non-hydrogen) atoms. The van der Waals surface area contributed by atoms with Gasteiger partial charge in [-0.3, -0.25) is 9.59 Å². The van der Waals surface area contributed by atoms with Crippen LogP contribution < -0.4 is 0 Å². The van der Waals surface area contributed by atoms with Gasteiger partial charge in [0.2, 0.25) is 0 Å². The third-order valence-corrected chi connectivity index (χ3v) is 10.5. The standard InChI is InChI=1S/C27H34O6/c1-23(2)18-13-19(28)27(6)17(24(18,3)10-8-20(29)33-23)7-11-25(4)22(16-9-12-31-15-16)32-21(30)14-26(25,27)5/h8-10,12,15,17-18,22H,7,11,13-14H2,1-6H3/t17?,18?,22-,24?,25-,26?,27?/m0/s1. The highest BCUT2D eigenvalue weighted by molar-refractivity contribution is 5.90. The van der Waals surface area contributed by atoms with Crippen molar-refractivity contribution < 1.29 is 28.3 Å². The van der Waals surface area contributed by atoms with Gasteiger partial charge in [0.05, 0.1) is 18.9 Å². The molecule has 1 aromatic heterocycles. The Hall–Kier alpha value is -2.37. The topological polar surface area (TPSA) is 82.8 Å². The fourth-order valence-electron chi connectivity index (χ4n) is 8.38. The highest BCUT2D eigenvalue weighted by Gasteiger charge is 2.74. The lowest BCUT2D eigenvalue weighted by Gasteiger charge is -2.70. The summed E-state index contributed by atoms with van der Waals surface area (Å²) in [6.07, 6.45) is 8.40. The molecule has 5 rings (SSSR count). The number of cyclic esters (lactones) is 2. The van der Waals surface area contributed by atoms with E-state index in [0.29, 0.717) is 6.42 Å². The van der Waals surface area contributed by atoms with E-state index >= 15 is 0 Å². The second kappa shape index (κ2) is 6.61. The van der Waals surface area contributed by atoms with Crippen molar-refractivity contribution in [2.75, 3.05) is 0 Å². The van der Waals surface area contributed by atoms with Gasteiger partial charge < -0.3 is 13.9 Å². The molecule has 2 aliphatic heterocycles. The molecule has 2 aliphatic carbocycles. The summed E-state index contributed by atoms with van der Waals surface area (Å²) < 4.78 is 17.0. The van der Waals surface area contributed by atoms with Crippen LogP contribution in [0.4, 0.5) is 0 Å². The summed E-state index contributed by atoms with van der Waals surface area (Å²) in [6.45, 7) is 12.4. The van der Waals surface area contributed by atoms with Crippen molar-refractivity contribution in [1.82, 2.24) is 0 Å². The summed E-state index contributed by atoms with van der Waals surface area (Å²) in [4.78, 5) is 39.6. The Balaban J connectivity index is 1.69. The average Bonchev–Trinajstić information content (AvgIpc) is 3.22. The van der Waals surface area contributed by atoms with Crippen LogP contribution in [0.3, 0.4) is 0 Å². The molecule has 178 valence electrons. The fourth-order valence-corrected chi connectivity index (χ4v) is 8.38. The molecule has 6 nitrogen and oxygen atoms in total. The maximum Gasteiger partial charge on any atom is 0.330 e. The molecule has 2 saturated carbocycles. The highest BCUT2D eigenvalue weighted by Crippen LogP contribution is 2.75. The Bertz CT molecular complexity index is 1050. The van der Waals surface area contributed by atoms with Crippen LogP contribution in [0, 0.1) is 33.5 Å². The number of esters is 2. The van der Waals surface area contributed by atoms with E-state index in [1.807, 2.05) is 26.0 Å². The van der Waals surface area contributed by atoms with Crippen LogP contribution in [0.25, 0.3) is 0 Å². The summed E-state index contributed by atoms with van der Waals surface area (Å²) in [5.74, 6) is -0.651. The Morgan fingerprint density at radius 2 is 1.73 bits per heavy atom. The molecule has 3 heterocycles. The van der Waals surface area contributed by atoms with Gasteiger partial charge in [-0.25, -0.2) is 4.79 Å². The lowest BCUT2D eigenvalue weighted by atomic mass is 9.33. The minimum Gasteiger partial charge on any atom is -0.472 e. The Labute approximate surface area is 195 Å². The van der Waals surface area contributed by atoms with E-state index < -0.39 is 33.4 Å². The molecule has 1 aromatic rings. The molecule has 0 amide bonds. The molecule has 6 heteroatoms. The first kappa shape index (κ1) is 22.4. The van der Waals surface area contributed by atoms with E-state index in [1.54, 1.807) is 12.5 Å². The monoisotopic (exact) mass is 454 g/mol. The molecule has 0 aromatic carbocycles. The van der Waals surface area contributed by atoms with Gasteiger partial charge in [0, 0.05) is 34.8 Å². The highest BCUT2D eigenvalue weighted by atomic mass is 16.6. The number of ether oxygens (including phenoxy) is 2. The molecule has 1 saturated heterocycles. The fraction of sp³-hybridized carbons (Fsp3) is 0.667. The smallest absolute Gasteiger partial charge is 0.330 e. The van der Waals surface area contributed by atoms with Gasteiger partial charge in [-0.05, 0) is 49.5 Å². The molecular formula is C27H34O6. The number of furan rings is 1. The zero-order chi connectivity index (χ0) is 24.0. The normalized spacial score (nSPS) is 46.4. The van der Waals surface area contributed by atoms with E-state index in [9.17, 15) is 14.4 Å². The number of fused-ring (bicyclic) bond motifs is 5. The van der Waals surface area contributed by atoms with Crippen molar-refractivity contribution >= 4 is 17.7 Å². The maximum atomic E-state index is 14.2. The third-order valence-electron chi connectivity index (χ3n) is 10.5. The van der Waals surface area contributed by atoms with Crippen LogP contribution in [-0.2, 0) is 23.9 Å². The van der Waals surface area contributed by atoms with Crippen molar-refractivity contribution in [2.45, 2.75) is 78.9 Å². The molecule has 0 N–H and O–H groups in total. The minimum absolute atomic E-state index is 0.0322. The number of Topliss-reactive ketones (excluding diaryl/α,β-unsaturated/α-hetero) is 1. The molecule has 4 aliphatic rings. The number of hydrogen-bond donors (Lipinski definition) is 0. The van der Waals surface area contributed by atoms with Crippen LogP contribution in [0.15, 0.2) is 35.2 Å². The van der Waals surface area contributed by atoms with Crippen molar-refractivity contribution in [1.29, 1.82) is 0 Å². The van der Waals surface area contributed by atoms with Crippen LogP contribution >= 0.6 is 0 Å². The number of carbonyl (C=O) groups excluding carboxylic acids is 3. The van der Waals surface area contributed by atoms with Gasteiger partial charge in [0.25, 0.3) is 0 Å². The second-order valence-electron chi connectivity index (χ2n) is 12.1. The number of ketones is 1. The van der Waals surface area contributed by atoms with E-state index in [2.05, 4.69) is 27.7 Å². The summed E-state index contributed by atoms with van der Waals surface area (Å²) in [5.41, 5.74) is -2.18. The van der Waals surface area contributed by atoms with Crippen LogP contribution in [0.1, 0.15) is 78.9 Å². The van der Waals surface area contributed by atoms with E-state index in [1.165, 1.54) is 6.08 Å². The Kier molecular flexibility index (Phi) is 4.49. The number of carbonyl (C=O) groups is 3. The molecule has 3 fully saturated rings. The zero-order valence-electron chi connectivity index (χ0n) is 20.4. The summed E-state index contributed by atoms with van der Waals surface area (Å²) in [7, 11) is 0. The third kappa shape index (κ3) is 2.64. The first-order valence-electron chi connectivity index (χ1n) is 12.0. The van der Waals surface area contributed by atoms with Gasteiger partial charge in [-0.1, -0.05) is 33.8 Å². The first-order chi connectivity index (χ1) is 15.3. The number of rotatable bonds is 1. The average molecular weight is 455 g/mol. The van der Waals surface area contributed by atoms with E-state index in [-0.39, 0.29) is 36.0 Å². The van der Waals surface area contributed by atoms with Gasteiger partial charge in [-0.2, -0.15) is 0 Å². The van der Waals surface area contributed by atoms with Gasteiger partial charge in [-0.15, -0.1) is 0 Å². The molecule has 5 unspecified atom stereocenters. The zero-order valence-corrected chi connectivity index (χ0v) is 20.4. The van der Waals surface area contributed by atoms with Crippen molar-refractivity contribution in [3.63, 3.8) is 0 Å². The SMILES string of the molecule is CC1(C)OC(=O)C=CC2(C)C1CC(=O)C1(C)C2CC[C@@]2(C)[C@H](c3ccoc3)OC(=O)CC12C. The van der Waals surface area contributed by atoms with Crippen LogP contribution in [-0.4, -0.2) is 23.3 Å². The predicted molar refractivity (Wildman–Crippen MR) is 120 cm³/mol. The van der Waals surface area contributed by atoms with Gasteiger partial charge >= 0.3 is 11.9 Å².